The fourth-order valence-corrected chi connectivity index (χ4v) is 4.55. The van der Waals surface area contributed by atoms with E-state index < -0.39 is 37.3 Å². The van der Waals surface area contributed by atoms with E-state index in [2.05, 4.69) is 5.16 Å². The van der Waals surface area contributed by atoms with Gasteiger partial charge in [0.25, 0.3) is 11.4 Å². The van der Waals surface area contributed by atoms with Crippen LogP contribution in [0.25, 0.3) is 0 Å². The highest BCUT2D eigenvalue weighted by atomic mass is 32.2. The molecule has 1 aliphatic rings. The lowest BCUT2D eigenvalue weighted by atomic mass is 9.81. The molecular formula is C22H25N3O7S. The zero-order chi connectivity index (χ0) is 24.4. The van der Waals surface area contributed by atoms with E-state index in [4.69, 9.17) is 4.28 Å². The Morgan fingerprint density at radius 2 is 1.67 bits per heavy atom. The molecule has 176 valence electrons. The molecule has 0 saturated heterocycles. The van der Waals surface area contributed by atoms with Crippen LogP contribution >= 0.6 is 0 Å². The van der Waals surface area contributed by atoms with E-state index in [1.165, 1.54) is 24.3 Å². The predicted octanol–water partition coefficient (Wildman–Crippen LogP) is 5.22. The normalized spacial score (nSPS) is 18.2. The molecule has 3 rings (SSSR count). The smallest absolute Gasteiger partial charge is 0.265 e. The average molecular weight is 476 g/mol. The lowest BCUT2D eigenvalue weighted by Crippen LogP contribution is -2.20. The van der Waals surface area contributed by atoms with E-state index in [-0.39, 0.29) is 15.9 Å². The summed E-state index contributed by atoms with van der Waals surface area (Å²) in [6.07, 6.45) is 2.36. The first-order valence-corrected chi connectivity index (χ1v) is 11.8. The molecule has 10 nitrogen and oxygen atoms in total. The first-order chi connectivity index (χ1) is 15.4. The third-order valence-electron chi connectivity index (χ3n) is 5.64. The monoisotopic (exact) mass is 475 g/mol. The van der Waals surface area contributed by atoms with Crippen molar-refractivity contribution in [3.8, 4) is 0 Å². The van der Waals surface area contributed by atoms with E-state index in [9.17, 15) is 28.6 Å². The average Bonchev–Trinajstić information content (AvgIpc) is 2.77. The molecule has 0 aromatic heterocycles. The van der Waals surface area contributed by atoms with E-state index in [0.29, 0.717) is 18.6 Å². The summed E-state index contributed by atoms with van der Waals surface area (Å²) in [5, 5.41) is 26.5. The van der Waals surface area contributed by atoms with Crippen LogP contribution in [0.4, 0.5) is 11.4 Å². The minimum Gasteiger partial charge on any atom is -0.265 e. The van der Waals surface area contributed by atoms with Crippen LogP contribution in [0.3, 0.4) is 0 Å². The van der Waals surface area contributed by atoms with Crippen molar-refractivity contribution in [2.75, 3.05) is 0 Å². The molecule has 0 bridgehead atoms. The highest BCUT2D eigenvalue weighted by Crippen LogP contribution is 2.38. The van der Waals surface area contributed by atoms with Gasteiger partial charge in [0.15, 0.2) is 0 Å². The fourth-order valence-electron chi connectivity index (χ4n) is 3.80. The lowest BCUT2D eigenvalue weighted by molar-refractivity contribution is -0.394. The van der Waals surface area contributed by atoms with Gasteiger partial charge in [0.1, 0.15) is 4.90 Å². The van der Waals surface area contributed by atoms with Crippen LogP contribution in [0.15, 0.2) is 52.5 Å². The molecule has 1 unspecified atom stereocenters. The maximum atomic E-state index is 12.7. The van der Waals surface area contributed by atoms with Gasteiger partial charge >= 0.3 is 10.1 Å². The minimum atomic E-state index is -4.18. The Labute approximate surface area is 191 Å². The summed E-state index contributed by atoms with van der Waals surface area (Å²) < 4.78 is 30.3. The number of oxime groups is 1. The molecular weight excluding hydrogens is 450 g/mol. The van der Waals surface area contributed by atoms with Gasteiger partial charge in [-0.25, -0.2) is 0 Å². The van der Waals surface area contributed by atoms with Crippen molar-refractivity contribution in [2.24, 2.45) is 5.16 Å². The molecule has 2 aromatic rings. The second kappa shape index (κ2) is 9.26. The summed E-state index contributed by atoms with van der Waals surface area (Å²) >= 11 is 0. The van der Waals surface area contributed by atoms with Crippen molar-refractivity contribution in [2.45, 2.75) is 62.7 Å². The Kier molecular flexibility index (Phi) is 6.82. The maximum Gasteiger partial charge on any atom is 0.358 e. The van der Waals surface area contributed by atoms with Gasteiger partial charge in [-0.15, -0.1) is 0 Å². The number of hydrogen-bond donors (Lipinski definition) is 0. The largest absolute Gasteiger partial charge is 0.358 e. The van der Waals surface area contributed by atoms with Gasteiger partial charge in [-0.1, -0.05) is 44.5 Å². The van der Waals surface area contributed by atoms with Gasteiger partial charge in [0.2, 0.25) is 0 Å². The number of rotatable bonds is 6. The van der Waals surface area contributed by atoms with Gasteiger partial charge in [-0.2, -0.15) is 8.42 Å². The Balaban J connectivity index is 1.91. The number of non-ortho nitro benzene ring substituents is 1. The zero-order valence-corrected chi connectivity index (χ0v) is 19.4. The molecule has 2 aromatic carbocycles. The molecule has 0 spiro atoms. The standard InChI is InChI=1S/C22H25N3O7S/c1-22(2,3)15-8-11-17(12-9-15)33(30,31)32-23-20-7-5-4-6-18(20)19-13-10-16(24(26)27)14-21(19)25(28)29/h8-14,18H,4-7H2,1-3H3. The van der Waals surface area contributed by atoms with Crippen LogP contribution in [0.2, 0.25) is 0 Å². The molecule has 1 fully saturated rings. The Morgan fingerprint density at radius 1 is 1.00 bits per heavy atom. The molecule has 0 radical (unpaired) electrons. The first kappa shape index (κ1) is 24.3. The van der Waals surface area contributed by atoms with Crippen LogP contribution < -0.4 is 0 Å². The van der Waals surface area contributed by atoms with Crippen molar-refractivity contribution in [3.05, 3.63) is 73.8 Å². The number of hydrogen-bond acceptors (Lipinski definition) is 8. The molecule has 0 heterocycles. The van der Waals surface area contributed by atoms with Gasteiger partial charge in [0.05, 0.1) is 21.6 Å². The molecule has 11 heteroatoms. The minimum absolute atomic E-state index is 0.0477. The highest BCUT2D eigenvalue weighted by molar-refractivity contribution is 7.86. The lowest BCUT2D eigenvalue weighted by Gasteiger charge is -2.23. The van der Waals surface area contributed by atoms with Crippen LogP contribution in [0, 0.1) is 20.2 Å². The molecule has 33 heavy (non-hydrogen) atoms. The summed E-state index contributed by atoms with van der Waals surface area (Å²) in [5.74, 6) is -0.571. The van der Waals surface area contributed by atoms with Gasteiger partial charge in [0, 0.05) is 17.5 Å². The van der Waals surface area contributed by atoms with Crippen molar-refractivity contribution in [1.82, 2.24) is 0 Å². The van der Waals surface area contributed by atoms with Gasteiger partial charge < -0.3 is 0 Å². The van der Waals surface area contributed by atoms with Crippen molar-refractivity contribution in [3.63, 3.8) is 0 Å². The summed E-state index contributed by atoms with van der Waals surface area (Å²) in [5.41, 5.74) is 0.637. The second-order valence-electron chi connectivity index (χ2n) is 8.94. The summed E-state index contributed by atoms with van der Waals surface area (Å²) in [4.78, 5) is 21.2. The summed E-state index contributed by atoms with van der Waals surface area (Å²) in [6.45, 7) is 6.04. The van der Waals surface area contributed by atoms with E-state index in [0.717, 1.165) is 24.5 Å². The number of benzene rings is 2. The van der Waals surface area contributed by atoms with E-state index in [1.54, 1.807) is 12.1 Å². The molecule has 1 saturated carbocycles. The van der Waals surface area contributed by atoms with Crippen molar-refractivity contribution in [1.29, 1.82) is 0 Å². The Hall–Kier alpha value is -3.34. The Morgan fingerprint density at radius 3 is 2.24 bits per heavy atom. The zero-order valence-electron chi connectivity index (χ0n) is 18.6. The fraction of sp³-hybridized carbons (Fsp3) is 0.409. The maximum absolute atomic E-state index is 12.7. The SMILES string of the molecule is CC(C)(C)c1ccc(S(=O)(=O)ON=C2CCCCC2c2ccc([N+](=O)[O-])cc2[N+](=O)[O-])cc1. The first-order valence-electron chi connectivity index (χ1n) is 10.4. The molecule has 0 amide bonds. The molecule has 1 aliphatic carbocycles. The van der Waals surface area contributed by atoms with Gasteiger partial charge in [-0.3, -0.25) is 24.5 Å². The second-order valence-corrected chi connectivity index (χ2v) is 10.5. The van der Waals surface area contributed by atoms with Crippen LogP contribution in [0.5, 0.6) is 0 Å². The van der Waals surface area contributed by atoms with Gasteiger partial charge in [-0.05, 0) is 48.4 Å². The number of nitrogens with zero attached hydrogens (tertiary/aromatic N) is 3. The highest BCUT2D eigenvalue weighted by Gasteiger charge is 2.31. The van der Waals surface area contributed by atoms with Crippen LogP contribution in [-0.2, 0) is 19.8 Å². The van der Waals surface area contributed by atoms with Crippen LogP contribution in [-0.4, -0.2) is 24.0 Å². The molecule has 0 N–H and O–H groups in total. The van der Waals surface area contributed by atoms with E-state index >= 15 is 0 Å². The van der Waals surface area contributed by atoms with Crippen molar-refractivity contribution >= 4 is 27.2 Å². The summed E-state index contributed by atoms with van der Waals surface area (Å²) in [6, 6.07) is 9.78. The third kappa shape index (κ3) is 5.54. The third-order valence-corrected chi connectivity index (χ3v) is 6.76. The topological polar surface area (TPSA) is 142 Å². The number of nitro benzene ring substituents is 2. The Bertz CT molecular complexity index is 1200. The molecule has 1 atom stereocenters. The summed E-state index contributed by atoms with van der Waals surface area (Å²) in [7, 11) is -4.18. The number of nitro groups is 2. The van der Waals surface area contributed by atoms with Crippen molar-refractivity contribution < 1.29 is 22.5 Å². The quantitative estimate of drug-likeness (QED) is 0.412. The predicted molar refractivity (Wildman–Crippen MR) is 122 cm³/mol. The van der Waals surface area contributed by atoms with E-state index in [1.807, 2.05) is 20.8 Å². The van der Waals surface area contributed by atoms with Crippen LogP contribution in [0.1, 0.15) is 63.5 Å². The molecule has 0 aliphatic heterocycles.